The van der Waals surface area contributed by atoms with Crippen LogP contribution in [0.2, 0.25) is 0 Å². The molecule has 0 saturated carbocycles. The first-order chi connectivity index (χ1) is 5.57. The van der Waals surface area contributed by atoms with Gasteiger partial charge in [-0.15, -0.1) is 5.16 Å². The van der Waals surface area contributed by atoms with Crippen molar-refractivity contribution >= 4 is 12.2 Å². The lowest BCUT2D eigenvalue weighted by Crippen LogP contribution is -2.34. The van der Waals surface area contributed by atoms with Gasteiger partial charge in [0, 0.05) is 12.6 Å². The molecule has 0 spiro atoms. The van der Waals surface area contributed by atoms with E-state index in [1.54, 1.807) is 0 Å². The highest BCUT2D eigenvalue weighted by molar-refractivity contribution is 5.73. The van der Waals surface area contributed by atoms with E-state index in [2.05, 4.69) is 5.16 Å². The number of carbonyl (C=O) groups is 1. The van der Waals surface area contributed by atoms with Gasteiger partial charge in [-0.2, -0.15) is 0 Å². The van der Waals surface area contributed by atoms with Crippen LogP contribution in [-0.4, -0.2) is 39.8 Å². The van der Waals surface area contributed by atoms with Crippen molar-refractivity contribution in [3.8, 4) is 0 Å². The molecule has 2 atom stereocenters. The summed E-state index contributed by atoms with van der Waals surface area (Å²) in [6.45, 7) is 0. The van der Waals surface area contributed by atoms with Gasteiger partial charge in [-0.05, 0) is 6.42 Å². The Bertz CT molecular complexity index is 171. The van der Waals surface area contributed by atoms with Crippen molar-refractivity contribution in [2.24, 2.45) is 10.9 Å². The minimum absolute atomic E-state index is 0.0542. The molecule has 0 aromatic rings. The molecule has 0 radical (unpaired) electrons. The Labute approximate surface area is 69.3 Å². The quantitative estimate of drug-likeness (QED) is 0.243. The Morgan fingerprint density at radius 3 is 2.67 bits per heavy atom. The zero-order valence-electron chi connectivity index (χ0n) is 6.42. The molecule has 1 unspecified atom stereocenters. The van der Waals surface area contributed by atoms with Crippen molar-refractivity contribution in [2.75, 3.05) is 0 Å². The SMILES string of the molecule is N[C@@H](CC(O)C/C=N/O)C(=O)O. The first-order valence-corrected chi connectivity index (χ1v) is 3.40. The predicted molar refractivity (Wildman–Crippen MR) is 41.1 cm³/mol. The lowest BCUT2D eigenvalue weighted by Gasteiger charge is -2.10. The summed E-state index contributed by atoms with van der Waals surface area (Å²) in [6.07, 6.45) is 0.241. The van der Waals surface area contributed by atoms with Crippen LogP contribution in [0.3, 0.4) is 0 Å². The molecule has 6 heteroatoms. The van der Waals surface area contributed by atoms with Crippen LogP contribution in [0.25, 0.3) is 0 Å². The fourth-order valence-electron chi connectivity index (χ4n) is 0.659. The third-order valence-electron chi connectivity index (χ3n) is 1.30. The summed E-state index contributed by atoms with van der Waals surface area (Å²) in [5.41, 5.74) is 5.12. The molecule has 0 amide bonds. The van der Waals surface area contributed by atoms with Crippen LogP contribution in [0.1, 0.15) is 12.8 Å². The summed E-state index contributed by atoms with van der Waals surface area (Å²) < 4.78 is 0. The molecule has 0 aliphatic rings. The molecular formula is C6H12N2O4. The van der Waals surface area contributed by atoms with Gasteiger partial charge in [0.25, 0.3) is 0 Å². The number of nitrogens with zero attached hydrogens (tertiary/aromatic N) is 1. The van der Waals surface area contributed by atoms with Crippen molar-refractivity contribution in [1.82, 2.24) is 0 Å². The van der Waals surface area contributed by atoms with E-state index in [4.69, 9.17) is 21.2 Å². The number of carboxylic acid groups (broad SMARTS) is 1. The van der Waals surface area contributed by atoms with Crippen LogP contribution in [0.5, 0.6) is 0 Å². The smallest absolute Gasteiger partial charge is 0.320 e. The summed E-state index contributed by atoms with van der Waals surface area (Å²) >= 11 is 0. The Kier molecular flexibility index (Phi) is 4.98. The molecule has 0 aliphatic carbocycles. The maximum Gasteiger partial charge on any atom is 0.320 e. The van der Waals surface area contributed by atoms with Crippen LogP contribution in [-0.2, 0) is 4.79 Å². The van der Waals surface area contributed by atoms with E-state index in [9.17, 15) is 4.79 Å². The second-order valence-electron chi connectivity index (χ2n) is 2.37. The zero-order chi connectivity index (χ0) is 9.56. The van der Waals surface area contributed by atoms with Gasteiger partial charge in [-0.3, -0.25) is 4.79 Å². The number of aliphatic hydroxyl groups excluding tert-OH is 1. The summed E-state index contributed by atoms with van der Waals surface area (Å²) in [5.74, 6) is -1.16. The molecule has 70 valence electrons. The molecule has 0 aliphatic heterocycles. The molecule has 0 aromatic heterocycles. The fraction of sp³-hybridized carbons (Fsp3) is 0.667. The fourth-order valence-corrected chi connectivity index (χ4v) is 0.659. The van der Waals surface area contributed by atoms with Crippen LogP contribution in [0.4, 0.5) is 0 Å². The molecule has 0 rings (SSSR count). The number of hydrogen-bond donors (Lipinski definition) is 4. The predicted octanol–water partition coefficient (Wildman–Crippen LogP) is -1.00. The van der Waals surface area contributed by atoms with E-state index >= 15 is 0 Å². The van der Waals surface area contributed by atoms with Gasteiger partial charge >= 0.3 is 5.97 Å². The van der Waals surface area contributed by atoms with E-state index in [0.29, 0.717) is 0 Å². The van der Waals surface area contributed by atoms with Gasteiger partial charge in [0.1, 0.15) is 6.04 Å². The number of oxime groups is 1. The number of nitrogens with two attached hydrogens (primary N) is 1. The second kappa shape index (κ2) is 5.50. The van der Waals surface area contributed by atoms with Gasteiger partial charge in [0.15, 0.2) is 0 Å². The summed E-state index contributed by atoms with van der Waals surface area (Å²) in [7, 11) is 0. The Morgan fingerprint density at radius 1 is 1.67 bits per heavy atom. The maximum absolute atomic E-state index is 10.2. The van der Waals surface area contributed by atoms with E-state index in [1.165, 1.54) is 0 Å². The molecule has 0 fully saturated rings. The van der Waals surface area contributed by atoms with E-state index in [1.807, 2.05) is 0 Å². The molecule has 0 heterocycles. The number of aliphatic hydroxyl groups is 1. The third kappa shape index (κ3) is 4.64. The van der Waals surface area contributed by atoms with Crippen molar-refractivity contribution in [3.63, 3.8) is 0 Å². The highest BCUT2D eigenvalue weighted by Crippen LogP contribution is 1.99. The molecule has 5 N–H and O–H groups in total. The van der Waals surface area contributed by atoms with Crippen molar-refractivity contribution in [2.45, 2.75) is 25.0 Å². The summed E-state index contributed by atoms with van der Waals surface area (Å²) in [4.78, 5) is 10.2. The summed E-state index contributed by atoms with van der Waals surface area (Å²) in [5, 5.41) is 28.0. The van der Waals surface area contributed by atoms with Gasteiger partial charge < -0.3 is 21.2 Å². The van der Waals surface area contributed by atoms with E-state index in [0.717, 1.165) is 6.21 Å². The van der Waals surface area contributed by atoms with Crippen molar-refractivity contribution in [1.29, 1.82) is 0 Å². The molecule has 12 heavy (non-hydrogen) atoms. The lowest BCUT2D eigenvalue weighted by atomic mass is 10.1. The van der Waals surface area contributed by atoms with Gasteiger partial charge in [-0.25, -0.2) is 0 Å². The molecular weight excluding hydrogens is 164 g/mol. The highest BCUT2D eigenvalue weighted by atomic mass is 16.4. The lowest BCUT2D eigenvalue weighted by molar-refractivity contribution is -0.139. The normalized spacial score (nSPS) is 16.2. The van der Waals surface area contributed by atoms with Gasteiger partial charge in [0.2, 0.25) is 0 Å². The molecule has 0 saturated heterocycles. The largest absolute Gasteiger partial charge is 0.480 e. The molecule has 6 nitrogen and oxygen atoms in total. The highest BCUT2D eigenvalue weighted by Gasteiger charge is 2.15. The van der Waals surface area contributed by atoms with E-state index < -0.39 is 18.1 Å². The Hall–Kier alpha value is -1.14. The average molecular weight is 176 g/mol. The third-order valence-corrected chi connectivity index (χ3v) is 1.30. The standard InChI is InChI=1S/C6H12N2O4/c7-5(6(10)11)3-4(9)1-2-8-12/h2,4-5,9,12H,1,3,7H2,(H,10,11)/b8-2+/t4?,5-/m0/s1. The second-order valence-corrected chi connectivity index (χ2v) is 2.37. The Morgan fingerprint density at radius 2 is 2.25 bits per heavy atom. The van der Waals surface area contributed by atoms with Gasteiger partial charge in [-0.1, -0.05) is 0 Å². The molecule has 0 aromatic carbocycles. The minimum Gasteiger partial charge on any atom is -0.480 e. The average Bonchev–Trinajstić information content (AvgIpc) is 2.00. The number of rotatable bonds is 5. The first-order valence-electron chi connectivity index (χ1n) is 3.40. The zero-order valence-corrected chi connectivity index (χ0v) is 6.42. The summed E-state index contributed by atoms with van der Waals surface area (Å²) in [6, 6.07) is -1.08. The topological polar surface area (TPSA) is 116 Å². The van der Waals surface area contributed by atoms with E-state index in [-0.39, 0.29) is 12.8 Å². The number of aliphatic carboxylic acids is 1. The first kappa shape index (κ1) is 10.9. The van der Waals surface area contributed by atoms with Crippen LogP contribution in [0.15, 0.2) is 5.16 Å². The number of carboxylic acids is 1. The number of hydrogen-bond acceptors (Lipinski definition) is 5. The van der Waals surface area contributed by atoms with Gasteiger partial charge in [0.05, 0.1) is 6.10 Å². The van der Waals surface area contributed by atoms with Crippen LogP contribution in [0, 0.1) is 0 Å². The van der Waals surface area contributed by atoms with Crippen LogP contribution < -0.4 is 5.73 Å². The van der Waals surface area contributed by atoms with Crippen LogP contribution >= 0.6 is 0 Å². The molecule has 0 bridgehead atoms. The Balaban J connectivity index is 3.68. The van der Waals surface area contributed by atoms with Crippen molar-refractivity contribution in [3.05, 3.63) is 0 Å². The minimum atomic E-state index is -1.16. The maximum atomic E-state index is 10.2. The monoisotopic (exact) mass is 176 g/mol. The van der Waals surface area contributed by atoms with Crippen molar-refractivity contribution < 1.29 is 20.2 Å².